The molecule has 0 saturated carbocycles. The second-order valence-electron chi connectivity index (χ2n) is 5.03. The summed E-state index contributed by atoms with van der Waals surface area (Å²) in [6.07, 6.45) is 4.97. The van der Waals surface area contributed by atoms with Gasteiger partial charge in [0, 0.05) is 25.2 Å². The average molecular weight is 261 g/mol. The minimum absolute atomic E-state index is 0.0291. The Hall–Kier alpha value is -1.71. The molecule has 0 atom stereocenters. The summed E-state index contributed by atoms with van der Waals surface area (Å²) in [4.78, 5) is 14.2. The van der Waals surface area contributed by atoms with Crippen molar-refractivity contribution in [2.45, 2.75) is 32.6 Å². The fourth-order valence-electron chi connectivity index (χ4n) is 2.53. The molecule has 0 spiro atoms. The summed E-state index contributed by atoms with van der Waals surface area (Å²) < 4.78 is 0. The van der Waals surface area contributed by atoms with Gasteiger partial charge in [-0.3, -0.25) is 4.79 Å². The number of carbonyl (C=O) groups excluding carboxylic acids is 1. The van der Waals surface area contributed by atoms with E-state index in [0.717, 1.165) is 24.5 Å². The van der Waals surface area contributed by atoms with Crippen LogP contribution >= 0.6 is 0 Å². The molecule has 4 heteroatoms. The number of benzene rings is 1. The molecule has 0 aliphatic carbocycles. The third-order valence-corrected chi connectivity index (χ3v) is 3.58. The zero-order chi connectivity index (χ0) is 13.7. The molecule has 1 fully saturated rings. The molecule has 1 aromatic carbocycles. The summed E-state index contributed by atoms with van der Waals surface area (Å²) in [6, 6.07) is 5.55. The number of hydrogen-bond donors (Lipinski definition) is 2. The fraction of sp³-hybridized carbons (Fsp3) is 0.533. The van der Waals surface area contributed by atoms with Crippen LogP contribution in [-0.2, 0) is 0 Å². The standard InChI is InChI=1S/C15H23N3O/c1-2-17-15(19)12-7-8-13(16)14(11-12)18-9-5-3-4-6-10-18/h7-8,11H,2-6,9-10,16H2,1H3,(H,17,19). The van der Waals surface area contributed by atoms with E-state index in [4.69, 9.17) is 5.73 Å². The van der Waals surface area contributed by atoms with Crippen molar-refractivity contribution in [1.29, 1.82) is 0 Å². The summed E-state index contributed by atoms with van der Waals surface area (Å²) in [5.74, 6) is -0.0291. The van der Waals surface area contributed by atoms with Crippen molar-refractivity contribution >= 4 is 17.3 Å². The first-order chi connectivity index (χ1) is 9.22. The Morgan fingerprint density at radius 3 is 2.58 bits per heavy atom. The fourth-order valence-corrected chi connectivity index (χ4v) is 2.53. The quantitative estimate of drug-likeness (QED) is 0.821. The Balaban J connectivity index is 2.22. The molecule has 1 aromatic rings. The average Bonchev–Trinajstić information content (AvgIpc) is 2.68. The first-order valence-corrected chi connectivity index (χ1v) is 7.15. The van der Waals surface area contributed by atoms with Gasteiger partial charge in [-0.2, -0.15) is 0 Å². The molecule has 1 amide bonds. The lowest BCUT2D eigenvalue weighted by molar-refractivity contribution is 0.0956. The largest absolute Gasteiger partial charge is 0.397 e. The van der Waals surface area contributed by atoms with E-state index >= 15 is 0 Å². The Bertz CT molecular complexity index is 437. The molecule has 0 unspecified atom stereocenters. The van der Waals surface area contributed by atoms with E-state index in [9.17, 15) is 4.79 Å². The van der Waals surface area contributed by atoms with Gasteiger partial charge in [-0.05, 0) is 38.0 Å². The van der Waals surface area contributed by atoms with E-state index in [2.05, 4.69) is 10.2 Å². The van der Waals surface area contributed by atoms with Crippen LogP contribution in [0, 0.1) is 0 Å². The van der Waals surface area contributed by atoms with Gasteiger partial charge in [-0.1, -0.05) is 12.8 Å². The van der Waals surface area contributed by atoms with Crippen LogP contribution in [0.1, 0.15) is 43.0 Å². The van der Waals surface area contributed by atoms with Gasteiger partial charge in [0.2, 0.25) is 0 Å². The van der Waals surface area contributed by atoms with Crippen molar-refractivity contribution in [3.05, 3.63) is 23.8 Å². The Kier molecular flexibility index (Phi) is 4.66. The topological polar surface area (TPSA) is 58.4 Å². The molecule has 3 N–H and O–H groups in total. The lowest BCUT2D eigenvalue weighted by atomic mass is 10.1. The highest BCUT2D eigenvalue weighted by Gasteiger charge is 2.14. The summed E-state index contributed by atoms with van der Waals surface area (Å²) in [6.45, 7) is 4.62. The molecule has 19 heavy (non-hydrogen) atoms. The molecule has 1 heterocycles. The molecule has 1 aliphatic heterocycles. The number of rotatable bonds is 3. The van der Waals surface area contributed by atoms with Gasteiger partial charge in [0.15, 0.2) is 0 Å². The summed E-state index contributed by atoms with van der Waals surface area (Å²) >= 11 is 0. The van der Waals surface area contributed by atoms with Crippen LogP contribution in [0.5, 0.6) is 0 Å². The Morgan fingerprint density at radius 2 is 1.95 bits per heavy atom. The summed E-state index contributed by atoms with van der Waals surface area (Å²) in [5.41, 5.74) is 8.53. The monoisotopic (exact) mass is 261 g/mol. The Labute approximate surface area is 115 Å². The van der Waals surface area contributed by atoms with E-state index in [1.54, 1.807) is 6.07 Å². The van der Waals surface area contributed by atoms with Crippen LogP contribution in [0.4, 0.5) is 11.4 Å². The number of nitrogen functional groups attached to an aromatic ring is 1. The number of nitrogens with zero attached hydrogens (tertiary/aromatic N) is 1. The van der Waals surface area contributed by atoms with Crippen molar-refractivity contribution in [1.82, 2.24) is 5.32 Å². The van der Waals surface area contributed by atoms with Crippen LogP contribution in [0.25, 0.3) is 0 Å². The zero-order valence-electron chi connectivity index (χ0n) is 11.6. The first-order valence-electron chi connectivity index (χ1n) is 7.15. The third-order valence-electron chi connectivity index (χ3n) is 3.58. The minimum atomic E-state index is -0.0291. The van der Waals surface area contributed by atoms with Gasteiger partial charge >= 0.3 is 0 Å². The maximum absolute atomic E-state index is 11.9. The smallest absolute Gasteiger partial charge is 0.251 e. The third kappa shape index (κ3) is 3.40. The van der Waals surface area contributed by atoms with Gasteiger partial charge in [0.05, 0.1) is 11.4 Å². The van der Waals surface area contributed by atoms with E-state index < -0.39 is 0 Å². The van der Waals surface area contributed by atoms with Crippen molar-refractivity contribution in [2.75, 3.05) is 30.3 Å². The summed E-state index contributed by atoms with van der Waals surface area (Å²) in [7, 11) is 0. The molecule has 2 rings (SSSR count). The molecule has 4 nitrogen and oxygen atoms in total. The normalized spacial score (nSPS) is 15.9. The molecular weight excluding hydrogens is 238 g/mol. The highest BCUT2D eigenvalue weighted by Crippen LogP contribution is 2.27. The number of nitrogens with two attached hydrogens (primary N) is 1. The predicted molar refractivity (Wildman–Crippen MR) is 79.5 cm³/mol. The number of nitrogens with one attached hydrogen (secondary N) is 1. The van der Waals surface area contributed by atoms with Gasteiger partial charge in [0.25, 0.3) is 5.91 Å². The molecule has 1 aliphatic rings. The lowest BCUT2D eigenvalue weighted by Gasteiger charge is -2.24. The zero-order valence-corrected chi connectivity index (χ0v) is 11.6. The van der Waals surface area contributed by atoms with Gasteiger partial charge in [-0.25, -0.2) is 0 Å². The molecular formula is C15H23N3O. The maximum atomic E-state index is 11.9. The summed E-state index contributed by atoms with van der Waals surface area (Å²) in [5, 5.41) is 2.83. The molecule has 1 saturated heterocycles. The lowest BCUT2D eigenvalue weighted by Crippen LogP contribution is -2.26. The van der Waals surface area contributed by atoms with E-state index in [1.165, 1.54) is 25.7 Å². The number of amides is 1. The second kappa shape index (κ2) is 6.45. The highest BCUT2D eigenvalue weighted by molar-refractivity contribution is 5.96. The van der Waals surface area contributed by atoms with Crippen molar-refractivity contribution in [3.8, 4) is 0 Å². The van der Waals surface area contributed by atoms with E-state index in [1.807, 2.05) is 19.1 Å². The predicted octanol–water partition coefficient (Wildman–Crippen LogP) is 2.40. The second-order valence-corrected chi connectivity index (χ2v) is 5.03. The first kappa shape index (κ1) is 13.7. The number of carbonyl (C=O) groups is 1. The van der Waals surface area contributed by atoms with E-state index in [0.29, 0.717) is 12.1 Å². The minimum Gasteiger partial charge on any atom is -0.397 e. The molecule has 0 aromatic heterocycles. The van der Waals surface area contributed by atoms with Crippen molar-refractivity contribution in [2.24, 2.45) is 0 Å². The van der Waals surface area contributed by atoms with Crippen molar-refractivity contribution in [3.63, 3.8) is 0 Å². The van der Waals surface area contributed by atoms with Gasteiger partial charge in [0.1, 0.15) is 0 Å². The van der Waals surface area contributed by atoms with Crippen LogP contribution < -0.4 is 16.0 Å². The highest BCUT2D eigenvalue weighted by atomic mass is 16.1. The molecule has 0 bridgehead atoms. The van der Waals surface area contributed by atoms with Gasteiger partial charge in [-0.15, -0.1) is 0 Å². The van der Waals surface area contributed by atoms with E-state index in [-0.39, 0.29) is 5.91 Å². The molecule has 104 valence electrons. The van der Waals surface area contributed by atoms with Crippen LogP contribution in [0.3, 0.4) is 0 Å². The van der Waals surface area contributed by atoms with Crippen LogP contribution in [-0.4, -0.2) is 25.5 Å². The van der Waals surface area contributed by atoms with Crippen LogP contribution in [0.15, 0.2) is 18.2 Å². The SMILES string of the molecule is CCNC(=O)c1ccc(N)c(N2CCCCCC2)c1. The number of anilines is 2. The van der Waals surface area contributed by atoms with Crippen molar-refractivity contribution < 1.29 is 4.79 Å². The Morgan fingerprint density at radius 1 is 1.26 bits per heavy atom. The molecule has 0 radical (unpaired) electrons. The number of hydrogen-bond acceptors (Lipinski definition) is 3. The maximum Gasteiger partial charge on any atom is 0.251 e. The van der Waals surface area contributed by atoms with Gasteiger partial charge < -0.3 is 16.0 Å². The van der Waals surface area contributed by atoms with Crippen LogP contribution in [0.2, 0.25) is 0 Å².